The van der Waals surface area contributed by atoms with E-state index in [1.807, 2.05) is 60.7 Å². The van der Waals surface area contributed by atoms with Crippen molar-refractivity contribution in [3.8, 4) is 0 Å². The third kappa shape index (κ3) is 9.13. The maximum atomic E-state index is 14.9. The van der Waals surface area contributed by atoms with Crippen molar-refractivity contribution in [2.24, 2.45) is 5.73 Å². The molecule has 5 aromatic rings. The molecule has 1 aliphatic carbocycles. The molecule has 346 valence electrons. The molecular weight excluding hydrogens is 862 g/mol. The minimum Gasteiger partial charge on any atom is -0.372 e. The average Bonchev–Trinajstić information content (AvgIpc) is 4.18. The van der Waals surface area contributed by atoms with Crippen LogP contribution in [0.4, 0.5) is 0 Å². The molecule has 16 nitrogen and oxygen atoms in total. The summed E-state index contributed by atoms with van der Waals surface area (Å²) >= 11 is 6.32. The number of H-pyrrole nitrogens is 2. The first-order valence-corrected chi connectivity index (χ1v) is 23.3. The summed E-state index contributed by atoms with van der Waals surface area (Å²) < 4.78 is 6.34. The number of nitrogens with two attached hydrogens (primary N) is 1. The number of amides is 6. The van der Waals surface area contributed by atoms with Crippen LogP contribution in [0.15, 0.2) is 85.2 Å². The van der Waals surface area contributed by atoms with Gasteiger partial charge in [0.1, 0.15) is 35.7 Å². The number of carbonyl (C=O) groups excluding carboxylic acids is 6. The van der Waals surface area contributed by atoms with Crippen LogP contribution >= 0.6 is 11.6 Å². The number of ether oxygens (including phenoxy) is 1. The van der Waals surface area contributed by atoms with Crippen LogP contribution in [0.25, 0.3) is 21.8 Å². The van der Waals surface area contributed by atoms with Gasteiger partial charge in [-0.05, 0) is 67.5 Å². The maximum absolute atomic E-state index is 14.9. The number of nitrogens with zero attached hydrogens (tertiary/aromatic N) is 2. The summed E-state index contributed by atoms with van der Waals surface area (Å²) in [6, 6.07) is 15.9. The van der Waals surface area contributed by atoms with E-state index < -0.39 is 83.3 Å². The van der Waals surface area contributed by atoms with Gasteiger partial charge in [0.05, 0.1) is 12.7 Å². The number of aromatic amines is 2. The number of aromatic nitrogens is 2. The zero-order valence-corrected chi connectivity index (χ0v) is 37.6. The Morgan fingerprint density at radius 1 is 0.742 bits per heavy atom. The Labute approximate surface area is 387 Å². The molecule has 6 amide bonds. The zero-order chi connectivity index (χ0) is 46.1. The number of nitrogens with one attached hydrogen (secondary N) is 6. The number of benzene rings is 3. The van der Waals surface area contributed by atoms with Crippen LogP contribution in [-0.2, 0) is 53.0 Å². The van der Waals surface area contributed by atoms with Crippen molar-refractivity contribution >= 4 is 68.8 Å². The van der Waals surface area contributed by atoms with Crippen molar-refractivity contribution in [2.75, 3.05) is 13.1 Å². The molecule has 3 aliphatic heterocycles. The fourth-order valence-corrected chi connectivity index (χ4v) is 10.5. The second-order valence-electron chi connectivity index (χ2n) is 18.3. The largest absolute Gasteiger partial charge is 0.372 e. The summed E-state index contributed by atoms with van der Waals surface area (Å²) in [5.41, 5.74) is 9.00. The zero-order valence-electron chi connectivity index (χ0n) is 36.8. The van der Waals surface area contributed by atoms with Crippen LogP contribution in [0.1, 0.15) is 68.6 Å². The summed E-state index contributed by atoms with van der Waals surface area (Å²) in [6.45, 7) is 2.14. The lowest BCUT2D eigenvalue weighted by atomic mass is 9.93. The van der Waals surface area contributed by atoms with Gasteiger partial charge in [-0.15, -0.1) is 0 Å². The van der Waals surface area contributed by atoms with Gasteiger partial charge in [-0.1, -0.05) is 79.0 Å². The van der Waals surface area contributed by atoms with Gasteiger partial charge in [-0.3, -0.25) is 28.8 Å². The maximum Gasteiger partial charge on any atom is 0.247 e. The Bertz CT molecular complexity index is 2640. The average molecular weight is 918 g/mol. The molecule has 4 fully saturated rings. The van der Waals surface area contributed by atoms with Crippen molar-refractivity contribution in [3.05, 3.63) is 107 Å². The van der Waals surface area contributed by atoms with Crippen molar-refractivity contribution < 1.29 is 33.5 Å². The van der Waals surface area contributed by atoms with E-state index in [4.69, 9.17) is 22.1 Å². The Kier molecular flexibility index (Phi) is 12.9. The molecule has 7 atom stereocenters. The molecule has 4 aliphatic rings. The molecule has 9 rings (SSSR count). The van der Waals surface area contributed by atoms with Crippen molar-refractivity contribution in [3.63, 3.8) is 0 Å². The molecule has 5 heterocycles. The predicted octanol–water partition coefficient (Wildman–Crippen LogP) is 3.51. The highest BCUT2D eigenvalue weighted by Crippen LogP contribution is 2.33. The van der Waals surface area contributed by atoms with Crippen molar-refractivity contribution in [1.82, 2.24) is 41.0 Å². The third-order valence-electron chi connectivity index (χ3n) is 13.8. The topological polar surface area (TPSA) is 224 Å². The fraction of sp³-hybridized carbons (Fsp3) is 0.429. The predicted molar refractivity (Wildman–Crippen MR) is 248 cm³/mol. The molecule has 0 bridgehead atoms. The highest BCUT2D eigenvalue weighted by atomic mass is 35.5. The monoisotopic (exact) mass is 917 g/mol. The summed E-state index contributed by atoms with van der Waals surface area (Å²) in [4.78, 5) is 98.2. The van der Waals surface area contributed by atoms with E-state index in [-0.39, 0.29) is 51.8 Å². The lowest BCUT2D eigenvalue weighted by molar-refractivity contribution is -0.148. The number of rotatable bonds is 8. The first kappa shape index (κ1) is 44.9. The molecule has 0 radical (unpaired) electrons. The molecule has 3 saturated heterocycles. The van der Waals surface area contributed by atoms with Gasteiger partial charge in [-0.2, -0.15) is 0 Å². The third-order valence-corrected chi connectivity index (χ3v) is 14.1. The summed E-state index contributed by atoms with van der Waals surface area (Å²) in [5.74, 6) is -3.35. The summed E-state index contributed by atoms with van der Waals surface area (Å²) in [7, 11) is 0. The van der Waals surface area contributed by atoms with E-state index in [0.717, 1.165) is 38.5 Å². The second-order valence-corrected chi connectivity index (χ2v) is 18.8. The quantitative estimate of drug-likeness (QED) is 0.122. The van der Waals surface area contributed by atoms with E-state index in [0.29, 0.717) is 30.7 Å². The highest BCUT2D eigenvalue weighted by Gasteiger charge is 2.49. The molecule has 66 heavy (non-hydrogen) atoms. The van der Waals surface area contributed by atoms with E-state index in [2.05, 4.69) is 31.2 Å². The first-order valence-electron chi connectivity index (χ1n) is 22.9. The van der Waals surface area contributed by atoms with E-state index in [9.17, 15) is 28.8 Å². The Morgan fingerprint density at radius 2 is 1.42 bits per heavy atom. The van der Waals surface area contributed by atoms with Crippen LogP contribution < -0.4 is 27.0 Å². The normalized spacial score (nSPS) is 25.9. The fourth-order valence-electron chi connectivity index (χ4n) is 10.3. The van der Waals surface area contributed by atoms with Crippen LogP contribution in [0.5, 0.6) is 0 Å². The van der Waals surface area contributed by atoms with Crippen molar-refractivity contribution in [2.45, 2.75) is 119 Å². The Balaban J connectivity index is 1.10. The number of halogens is 1. The standard InChI is InChI=1S/C49H56ClN9O7/c1-28(51)42-47(64)58-19-9-14-40(58)46(63)59-26-33(66-27-29-10-3-2-4-11-29)23-41(59)45(62)54-39(21-31-25-53-37-22-32(50)15-16-35(31)37)44(61)57-49(17-7-8-18-49)48(65)55-38(43(60)56-42)20-30-24-52-36-13-6-5-12-34(30)36/h2-6,10-13,15-16,22,24-25,28,33,38-42,52-53H,7-9,14,17-21,23,26-27,51H2,1H3,(H,54,62)(H,55,65)(H,56,60)(H,57,61)/t28?,33-,38+,39+,40-,41+,42+/m1/s1. The Morgan fingerprint density at radius 3 is 2.17 bits per heavy atom. The lowest BCUT2D eigenvalue weighted by Crippen LogP contribution is -2.66. The molecule has 8 N–H and O–H groups in total. The molecule has 1 spiro atoms. The number of hydrogen-bond donors (Lipinski definition) is 7. The van der Waals surface area contributed by atoms with Gasteiger partial charge in [0, 0.05) is 77.6 Å². The van der Waals surface area contributed by atoms with Crippen LogP contribution in [0.2, 0.25) is 5.02 Å². The molecule has 3 aromatic carbocycles. The van der Waals surface area contributed by atoms with Crippen molar-refractivity contribution in [1.29, 1.82) is 0 Å². The van der Waals surface area contributed by atoms with Gasteiger partial charge < -0.3 is 51.5 Å². The van der Waals surface area contributed by atoms with Crippen LogP contribution in [0, 0.1) is 0 Å². The van der Waals surface area contributed by atoms with E-state index in [1.165, 1.54) is 9.80 Å². The SMILES string of the molecule is CC(N)[C@@H]1NC(=O)[C@H](Cc2c[nH]c3ccccc23)NC(=O)C2(CCCC2)NC(=O)[C@H](Cc2c[nH]c3cc(Cl)ccc23)NC(=O)[C@@H]2C[C@@H](OCc3ccccc3)CN2C(=O)[C@H]2CCCN2C1=O. The molecule has 17 heteroatoms. The number of hydrogen-bond acceptors (Lipinski definition) is 8. The lowest BCUT2D eigenvalue weighted by Gasteiger charge is -2.36. The summed E-state index contributed by atoms with van der Waals surface area (Å²) in [5, 5.41) is 14.1. The minimum absolute atomic E-state index is 0.0284. The van der Waals surface area contributed by atoms with Crippen LogP contribution in [0.3, 0.4) is 0 Å². The molecule has 2 aromatic heterocycles. The minimum atomic E-state index is -1.44. The molecular formula is C49H56ClN9O7. The van der Waals surface area contributed by atoms with E-state index in [1.54, 1.807) is 31.5 Å². The van der Waals surface area contributed by atoms with Gasteiger partial charge in [0.25, 0.3) is 0 Å². The molecule has 1 saturated carbocycles. The van der Waals surface area contributed by atoms with Gasteiger partial charge in [0.2, 0.25) is 35.4 Å². The highest BCUT2D eigenvalue weighted by molar-refractivity contribution is 6.31. The van der Waals surface area contributed by atoms with Gasteiger partial charge in [0.15, 0.2) is 0 Å². The van der Waals surface area contributed by atoms with Gasteiger partial charge in [-0.25, -0.2) is 0 Å². The number of fused-ring (bicyclic) bond motifs is 4. The number of carbonyl (C=O) groups is 6. The van der Waals surface area contributed by atoms with Crippen LogP contribution in [-0.4, -0.2) is 116 Å². The summed E-state index contributed by atoms with van der Waals surface area (Å²) in [6.07, 6.45) is 5.82. The smallest absolute Gasteiger partial charge is 0.247 e. The second kappa shape index (κ2) is 18.9. The van der Waals surface area contributed by atoms with E-state index >= 15 is 0 Å². The Hall–Kier alpha value is -6.23. The first-order chi connectivity index (χ1) is 31.9. The van der Waals surface area contributed by atoms with Gasteiger partial charge >= 0.3 is 0 Å². The number of para-hydroxylation sites is 1. The molecule has 1 unspecified atom stereocenters.